The standard InChI is InChI=1S/C28H32N6O2S/c37-28(29-18-20-8-9-23-24(16-20)36-15-14-35-23)32-27-30-25(33-11-4-1-5-12-33)17-26(31-27)34-13-10-21-6-2-3-7-22(21)19-34/h2-3,6-9,16-17H,1,4-5,10-15,18-19H2,(H2,29,30,31,32,37). The van der Waals surface area contributed by atoms with E-state index in [1.54, 1.807) is 0 Å². The van der Waals surface area contributed by atoms with Crippen LogP contribution in [0.4, 0.5) is 17.6 Å². The van der Waals surface area contributed by atoms with Crippen LogP contribution in [-0.2, 0) is 19.5 Å². The summed E-state index contributed by atoms with van der Waals surface area (Å²) in [6.07, 6.45) is 4.66. The summed E-state index contributed by atoms with van der Waals surface area (Å²) in [5.74, 6) is 3.97. The molecule has 0 spiro atoms. The number of fused-ring (bicyclic) bond motifs is 2. The van der Waals surface area contributed by atoms with Crippen molar-refractivity contribution in [3.63, 3.8) is 0 Å². The van der Waals surface area contributed by atoms with E-state index in [4.69, 9.17) is 31.7 Å². The number of ether oxygens (including phenoxy) is 2. The number of nitrogens with zero attached hydrogens (tertiary/aromatic N) is 4. The summed E-state index contributed by atoms with van der Waals surface area (Å²) in [7, 11) is 0. The van der Waals surface area contributed by atoms with E-state index in [9.17, 15) is 0 Å². The minimum absolute atomic E-state index is 0.487. The Bertz CT molecular complexity index is 1280. The Morgan fingerprint density at radius 1 is 0.838 bits per heavy atom. The summed E-state index contributed by atoms with van der Waals surface area (Å²) in [6, 6.07) is 16.8. The van der Waals surface area contributed by atoms with Crippen molar-refractivity contribution in [1.82, 2.24) is 15.3 Å². The monoisotopic (exact) mass is 516 g/mol. The van der Waals surface area contributed by atoms with Crippen LogP contribution >= 0.6 is 12.2 Å². The fourth-order valence-corrected chi connectivity index (χ4v) is 5.31. The topological polar surface area (TPSA) is 74.8 Å². The minimum atomic E-state index is 0.487. The van der Waals surface area contributed by atoms with Crippen molar-refractivity contribution in [3.05, 3.63) is 65.2 Å². The van der Waals surface area contributed by atoms with Gasteiger partial charge in [0.1, 0.15) is 24.8 Å². The van der Waals surface area contributed by atoms with E-state index in [0.717, 1.165) is 61.3 Å². The molecule has 0 radical (unpaired) electrons. The number of thiocarbonyl (C=S) groups is 1. The number of nitrogens with one attached hydrogen (secondary N) is 2. The maximum Gasteiger partial charge on any atom is 0.232 e. The van der Waals surface area contributed by atoms with Gasteiger partial charge in [-0.1, -0.05) is 30.3 Å². The van der Waals surface area contributed by atoms with Gasteiger partial charge in [0.2, 0.25) is 5.95 Å². The summed E-state index contributed by atoms with van der Waals surface area (Å²) < 4.78 is 11.3. The quantitative estimate of drug-likeness (QED) is 0.483. The van der Waals surface area contributed by atoms with Crippen LogP contribution in [0.25, 0.3) is 0 Å². The zero-order valence-electron chi connectivity index (χ0n) is 20.9. The summed E-state index contributed by atoms with van der Waals surface area (Å²) >= 11 is 5.62. The lowest BCUT2D eigenvalue weighted by Crippen LogP contribution is -2.34. The first kappa shape index (κ1) is 23.8. The lowest BCUT2D eigenvalue weighted by atomic mass is 10.00. The van der Waals surface area contributed by atoms with Gasteiger partial charge in [-0.05, 0) is 66.7 Å². The van der Waals surface area contributed by atoms with Gasteiger partial charge in [-0.25, -0.2) is 0 Å². The normalized spacial score (nSPS) is 16.6. The van der Waals surface area contributed by atoms with E-state index in [0.29, 0.717) is 30.8 Å². The van der Waals surface area contributed by atoms with Crippen molar-refractivity contribution < 1.29 is 9.47 Å². The fourth-order valence-electron chi connectivity index (χ4n) is 5.14. The van der Waals surface area contributed by atoms with Crippen molar-refractivity contribution in [1.29, 1.82) is 0 Å². The summed E-state index contributed by atoms with van der Waals surface area (Å²) in [6.45, 7) is 5.53. The Balaban J connectivity index is 1.18. The van der Waals surface area contributed by atoms with Crippen LogP contribution in [0.2, 0.25) is 0 Å². The largest absolute Gasteiger partial charge is 0.486 e. The smallest absolute Gasteiger partial charge is 0.232 e. The molecule has 6 rings (SSSR count). The number of hydrogen-bond donors (Lipinski definition) is 2. The first-order valence-corrected chi connectivity index (χ1v) is 13.5. The second-order valence-electron chi connectivity index (χ2n) is 9.68. The first-order chi connectivity index (χ1) is 18.2. The summed E-state index contributed by atoms with van der Waals surface area (Å²) in [4.78, 5) is 14.5. The van der Waals surface area contributed by atoms with Crippen LogP contribution in [0.3, 0.4) is 0 Å². The van der Waals surface area contributed by atoms with Crippen LogP contribution in [-0.4, -0.2) is 47.9 Å². The van der Waals surface area contributed by atoms with E-state index in [-0.39, 0.29) is 0 Å². The van der Waals surface area contributed by atoms with Crippen molar-refractivity contribution in [3.8, 4) is 11.5 Å². The molecular formula is C28H32N6O2S. The average Bonchev–Trinajstić information content (AvgIpc) is 2.96. The molecule has 4 heterocycles. The molecule has 192 valence electrons. The summed E-state index contributed by atoms with van der Waals surface area (Å²) in [5.41, 5.74) is 3.84. The molecule has 2 aromatic carbocycles. The Morgan fingerprint density at radius 3 is 2.43 bits per heavy atom. The molecule has 9 heteroatoms. The molecule has 1 aromatic heterocycles. The van der Waals surface area contributed by atoms with Gasteiger partial charge in [0.05, 0.1) is 0 Å². The van der Waals surface area contributed by atoms with Gasteiger partial charge in [0.25, 0.3) is 0 Å². The van der Waals surface area contributed by atoms with Gasteiger partial charge in [0.15, 0.2) is 16.6 Å². The van der Waals surface area contributed by atoms with Crippen molar-refractivity contribution >= 4 is 34.9 Å². The van der Waals surface area contributed by atoms with Gasteiger partial charge in [-0.15, -0.1) is 0 Å². The SMILES string of the molecule is S=C(NCc1ccc2c(c1)OCCO2)Nc1nc(N2CCCCC2)cc(N2CCc3ccccc3C2)n1. The third-order valence-electron chi connectivity index (χ3n) is 7.12. The van der Waals surface area contributed by atoms with Crippen molar-refractivity contribution in [2.24, 2.45) is 0 Å². The fraction of sp³-hybridized carbons (Fsp3) is 0.393. The number of piperidine rings is 1. The van der Waals surface area contributed by atoms with Crippen LogP contribution < -0.4 is 29.9 Å². The van der Waals surface area contributed by atoms with Crippen molar-refractivity contribution in [2.75, 3.05) is 48.0 Å². The molecule has 0 unspecified atom stereocenters. The lowest BCUT2D eigenvalue weighted by molar-refractivity contribution is 0.171. The van der Waals surface area contributed by atoms with E-state index < -0.39 is 0 Å². The predicted octanol–water partition coefficient (Wildman–Crippen LogP) is 4.29. The average molecular weight is 517 g/mol. The zero-order valence-corrected chi connectivity index (χ0v) is 21.7. The highest BCUT2D eigenvalue weighted by molar-refractivity contribution is 7.80. The number of anilines is 3. The summed E-state index contributed by atoms with van der Waals surface area (Å²) in [5, 5.41) is 7.01. The van der Waals surface area contributed by atoms with Crippen LogP contribution in [0.15, 0.2) is 48.5 Å². The zero-order chi connectivity index (χ0) is 25.0. The van der Waals surface area contributed by atoms with Crippen LogP contribution in [0.1, 0.15) is 36.0 Å². The Morgan fingerprint density at radius 2 is 1.59 bits per heavy atom. The molecule has 0 saturated carbocycles. The van der Waals surface area contributed by atoms with Gasteiger partial charge < -0.3 is 29.9 Å². The predicted molar refractivity (Wildman–Crippen MR) is 150 cm³/mol. The first-order valence-electron chi connectivity index (χ1n) is 13.1. The van der Waals surface area contributed by atoms with E-state index in [1.807, 2.05) is 18.2 Å². The van der Waals surface area contributed by atoms with Crippen molar-refractivity contribution in [2.45, 2.75) is 38.8 Å². The maximum atomic E-state index is 5.70. The van der Waals surface area contributed by atoms with Crippen LogP contribution in [0.5, 0.6) is 11.5 Å². The van der Waals surface area contributed by atoms with Gasteiger partial charge >= 0.3 is 0 Å². The molecule has 3 aliphatic rings. The van der Waals surface area contributed by atoms with Crippen LogP contribution in [0, 0.1) is 0 Å². The van der Waals surface area contributed by atoms with E-state index >= 15 is 0 Å². The number of benzene rings is 2. The molecule has 1 saturated heterocycles. The molecule has 37 heavy (non-hydrogen) atoms. The highest BCUT2D eigenvalue weighted by Crippen LogP contribution is 2.31. The molecule has 8 nitrogen and oxygen atoms in total. The number of hydrogen-bond acceptors (Lipinski definition) is 7. The Labute approximate surface area is 223 Å². The minimum Gasteiger partial charge on any atom is -0.486 e. The molecule has 0 bridgehead atoms. The number of aromatic nitrogens is 2. The lowest BCUT2D eigenvalue weighted by Gasteiger charge is -2.32. The maximum absolute atomic E-state index is 5.70. The molecule has 3 aliphatic heterocycles. The molecule has 2 N–H and O–H groups in total. The second kappa shape index (κ2) is 10.8. The third-order valence-corrected chi connectivity index (χ3v) is 7.37. The van der Waals surface area contributed by atoms with Gasteiger partial charge in [0, 0.05) is 38.8 Å². The number of rotatable bonds is 5. The molecule has 0 atom stereocenters. The van der Waals surface area contributed by atoms with Gasteiger partial charge in [-0.2, -0.15) is 9.97 Å². The highest BCUT2D eigenvalue weighted by Gasteiger charge is 2.21. The van der Waals surface area contributed by atoms with E-state index in [1.165, 1.54) is 30.4 Å². The van der Waals surface area contributed by atoms with Gasteiger partial charge in [-0.3, -0.25) is 0 Å². The highest BCUT2D eigenvalue weighted by atomic mass is 32.1. The molecule has 1 fully saturated rings. The molecule has 0 amide bonds. The Kier molecular flexibility index (Phi) is 6.94. The molecule has 0 aliphatic carbocycles. The molecular weight excluding hydrogens is 484 g/mol. The Hall–Kier alpha value is -3.59. The molecule has 3 aromatic rings. The van der Waals surface area contributed by atoms with E-state index in [2.05, 4.69) is 50.8 Å². The second-order valence-corrected chi connectivity index (χ2v) is 10.1. The third kappa shape index (κ3) is 5.56.